The number of carbonyl (C=O) groups excluding carboxylic acids is 1. The minimum absolute atomic E-state index is 0.0849. The molecule has 23 heavy (non-hydrogen) atoms. The van der Waals surface area contributed by atoms with Crippen molar-refractivity contribution in [2.45, 2.75) is 57.9 Å². The number of benzene rings is 1. The fraction of sp³-hybridized carbons (Fsp3) is 0.588. The zero-order chi connectivity index (χ0) is 17.6. The highest BCUT2D eigenvalue weighted by atomic mass is 32.2. The largest absolute Gasteiger partial charge is 0.491 e. The van der Waals surface area contributed by atoms with Crippen LogP contribution in [0.2, 0.25) is 0 Å². The number of aryl methyl sites for hydroxylation is 1. The van der Waals surface area contributed by atoms with Gasteiger partial charge in [0.15, 0.2) is 9.84 Å². The number of carbonyl (C=O) groups is 1. The SMILES string of the molecule is CC(C)Oc1ccc(CC[C@@H](C)NC(=O)[C@H](C)S(C)(=O)=O)cc1. The van der Waals surface area contributed by atoms with E-state index in [4.69, 9.17) is 4.74 Å². The average molecular weight is 341 g/mol. The molecule has 0 aliphatic rings. The van der Waals surface area contributed by atoms with Crippen molar-refractivity contribution in [1.82, 2.24) is 5.32 Å². The van der Waals surface area contributed by atoms with Crippen molar-refractivity contribution >= 4 is 15.7 Å². The van der Waals surface area contributed by atoms with E-state index in [2.05, 4.69) is 5.32 Å². The van der Waals surface area contributed by atoms with Gasteiger partial charge in [0, 0.05) is 12.3 Å². The molecule has 1 amide bonds. The fourth-order valence-electron chi connectivity index (χ4n) is 2.02. The third kappa shape index (κ3) is 7.03. The van der Waals surface area contributed by atoms with Gasteiger partial charge in [0.2, 0.25) is 5.91 Å². The normalized spacial score (nSPS) is 14.3. The first-order valence-corrected chi connectivity index (χ1v) is 9.80. The molecule has 0 saturated carbocycles. The molecule has 1 rings (SSSR count). The first kappa shape index (κ1) is 19.5. The van der Waals surface area contributed by atoms with Crippen LogP contribution in [0.4, 0.5) is 0 Å². The molecule has 1 aromatic rings. The van der Waals surface area contributed by atoms with Crippen LogP contribution in [0.15, 0.2) is 24.3 Å². The summed E-state index contributed by atoms with van der Waals surface area (Å²) in [6, 6.07) is 7.80. The molecular formula is C17H27NO4S. The van der Waals surface area contributed by atoms with Crippen molar-refractivity contribution in [2.24, 2.45) is 0 Å². The van der Waals surface area contributed by atoms with Crippen molar-refractivity contribution in [3.63, 3.8) is 0 Å². The van der Waals surface area contributed by atoms with Crippen LogP contribution in [-0.4, -0.2) is 38.0 Å². The molecule has 0 radical (unpaired) electrons. The first-order chi connectivity index (χ1) is 10.6. The van der Waals surface area contributed by atoms with Crippen LogP contribution in [0.5, 0.6) is 5.75 Å². The van der Waals surface area contributed by atoms with Crippen LogP contribution < -0.4 is 10.1 Å². The van der Waals surface area contributed by atoms with Crippen molar-refractivity contribution in [3.8, 4) is 5.75 Å². The van der Waals surface area contributed by atoms with E-state index in [0.29, 0.717) is 0 Å². The summed E-state index contributed by atoms with van der Waals surface area (Å²) in [5.74, 6) is 0.396. The molecule has 130 valence electrons. The van der Waals surface area contributed by atoms with E-state index in [0.717, 1.165) is 30.4 Å². The number of nitrogens with one attached hydrogen (secondary N) is 1. The van der Waals surface area contributed by atoms with Crippen LogP contribution >= 0.6 is 0 Å². The van der Waals surface area contributed by atoms with Crippen LogP contribution in [0.25, 0.3) is 0 Å². The molecule has 0 spiro atoms. The van der Waals surface area contributed by atoms with Gasteiger partial charge in [0.1, 0.15) is 11.0 Å². The van der Waals surface area contributed by atoms with E-state index in [9.17, 15) is 13.2 Å². The second-order valence-electron chi connectivity index (χ2n) is 6.23. The Morgan fingerprint density at radius 3 is 2.17 bits per heavy atom. The zero-order valence-electron chi connectivity index (χ0n) is 14.5. The van der Waals surface area contributed by atoms with E-state index in [1.165, 1.54) is 6.92 Å². The standard InChI is InChI=1S/C17H27NO4S/c1-12(2)22-16-10-8-15(9-11-16)7-6-13(3)18-17(19)14(4)23(5,20)21/h8-14H,6-7H2,1-5H3,(H,18,19)/t13-,14+/m1/s1. The average Bonchev–Trinajstić information content (AvgIpc) is 2.44. The Morgan fingerprint density at radius 1 is 1.13 bits per heavy atom. The Labute approximate surface area is 139 Å². The Morgan fingerprint density at radius 2 is 1.70 bits per heavy atom. The van der Waals surface area contributed by atoms with E-state index in [1.807, 2.05) is 45.0 Å². The number of ether oxygens (including phenoxy) is 1. The fourth-order valence-corrected chi connectivity index (χ4v) is 2.47. The number of hydrogen-bond donors (Lipinski definition) is 1. The first-order valence-electron chi connectivity index (χ1n) is 7.84. The van der Waals surface area contributed by atoms with Gasteiger partial charge >= 0.3 is 0 Å². The summed E-state index contributed by atoms with van der Waals surface area (Å²) in [7, 11) is -3.36. The van der Waals surface area contributed by atoms with Gasteiger partial charge in [-0.3, -0.25) is 4.79 Å². The van der Waals surface area contributed by atoms with Crippen LogP contribution in [0.3, 0.4) is 0 Å². The zero-order valence-corrected chi connectivity index (χ0v) is 15.3. The van der Waals surface area contributed by atoms with Gasteiger partial charge in [0.25, 0.3) is 0 Å². The van der Waals surface area contributed by atoms with Gasteiger partial charge in [-0.2, -0.15) is 0 Å². The van der Waals surface area contributed by atoms with Crippen molar-refractivity contribution < 1.29 is 17.9 Å². The molecule has 0 unspecified atom stereocenters. The summed E-state index contributed by atoms with van der Waals surface area (Å²) in [4.78, 5) is 11.9. The molecule has 5 nitrogen and oxygen atoms in total. The van der Waals surface area contributed by atoms with E-state index in [1.54, 1.807) is 0 Å². The Kier molecular flexibility index (Phi) is 7.06. The maximum atomic E-state index is 11.9. The minimum Gasteiger partial charge on any atom is -0.491 e. The van der Waals surface area contributed by atoms with Crippen molar-refractivity contribution in [1.29, 1.82) is 0 Å². The summed E-state index contributed by atoms with van der Waals surface area (Å²) < 4.78 is 28.3. The third-order valence-corrected chi connectivity index (χ3v) is 5.06. The van der Waals surface area contributed by atoms with Gasteiger partial charge in [-0.15, -0.1) is 0 Å². The lowest BCUT2D eigenvalue weighted by molar-refractivity contribution is -0.121. The van der Waals surface area contributed by atoms with Crippen molar-refractivity contribution in [3.05, 3.63) is 29.8 Å². The molecule has 0 fully saturated rings. The molecule has 1 aromatic carbocycles. The lowest BCUT2D eigenvalue weighted by Gasteiger charge is -2.17. The quantitative estimate of drug-likeness (QED) is 0.788. The molecule has 0 bridgehead atoms. The lowest BCUT2D eigenvalue weighted by atomic mass is 10.1. The third-order valence-electron chi connectivity index (χ3n) is 3.56. The number of rotatable bonds is 8. The summed E-state index contributed by atoms with van der Waals surface area (Å²) in [5, 5.41) is 1.73. The second-order valence-corrected chi connectivity index (χ2v) is 8.60. The molecule has 6 heteroatoms. The Bertz CT molecular complexity index is 608. The lowest BCUT2D eigenvalue weighted by Crippen LogP contribution is -2.42. The molecule has 0 aliphatic heterocycles. The molecular weight excluding hydrogens is 314 g/mol. The molecule has 1 N–H and O–H groups in total. The van der Waals surface area contributed by atoms with Crippen LogP contribution in [-0.2, 0) is 21.1 Å². The van der Waals surface area contributed by atoms with Gasteiger partial charge in [0.05, 0.1) is 6.10 Å². The Balaban J connectivity index is 2.47. The smallest absolute Gasteiger partial charge is 0.238 e. The summed E-state index contributed by atoms with van der Waals surface area (Å²) in [5.41, 5.74) is 1.15. The summed E-state index contributed by atoms with van der Waals surface area (Å²) in [6.45, 7) is 7.25. The highest BCUT2D eigenvalue weighted by Crippen LogP contribution is 2.15. The minimum atomic E-state index is -3.36. The van der Waals surface area contributed by atoms with Crippen LogP contribution in [0.1, 0.15) is 39.7 Å². The van der Waals surface area contributed by atoms with Gasteiger partial charge in [-0.05, 0) is 58.2 Å². The molecule has 0 aliphatic carbocycles. The molecule has 0 aromatic heterocycles. The maximum absolute atomic E-state index is 11.9. The predicted molar refractivity (Wildman–Crippen MR) is 92.4 cm³/mol. The molecule has 2 atom stereocenters. The highest BCUT2D eigenvalue weighted by Gasteiger charge is 2.24. The molecule has 0 heterocycles. The van der Waals surface area contributed by atoms with Gasteiger partial charge in [-0.1, -0.05) is 12.1 Å². The monoisotopic (exact) mass is 341 g/mol. The Hall–Kier alpha value is -1.56. The maximum Gasteiger partial charge on any atom is 0.238 e. The summed E-state index contributed by atoms with van der Waals surface area (Å²) in [6.07, 6.45) is 2.76. The van der Waals surface area contributed by atoms with E-state index >= 15 is 0 Å². The van der Waals surface area contributed by atoms with Gasteiger partial charge in [-0.25, -0.2) is 8.42 Å². The van der Waals surface area contributed by atoms with Crippen molar-refractivity contribution in [2.75, 3.05) is 6.26 Å². The molecule has 0 saturated heterocycles. The number of hydrogen-bond acceptors (Lipinski definition) is 4. The van der Waals surface area contributed by atoms with Gasteiger partial charge < -0.3 is 10.1 Å². The topological polar surface area (TPSA) is 72.5 Å². The number of amides is 1. The predicted octanol–water partition coefficient (Wildman–Crippen LogP) is 2.34. The summed E-state index contributed by atoms with van der Waals surface area (Å²) >= 11 is 0. The van der Waals surface area contributed by atoms with E-state index in [-0.39, 0.29) is 12.1 Å². The van der Waals surface area contributed by atoms with E-state index < -0.39 is 21.0 Å². The number of sulfone groups is 1. The second kappa shape index (κ2) is 8.34. The van der Waals surface area contributed by atoms with Crippen LogP contribution in [0, 0.1) is 0 Å². The highest BCUT2D eigenvalue weighted by molar-refractivity contribution is 7.92.